The zero-order valence-corrected chi connectivity index (χ0v) is 12.9. The topological polar surface area (TPSA) is 86.7 Å². The first-order valence-corrected chi connectivity index (χ1v) is 7.71. The average Bonchev–Trinajstić information content (AvgIpc) is 2.70. The number of hydrogen-bond donors (Lipinski definition) is 2. The number of rotatable bonds is 6. The lowest BCUT2D eigenvalue weighted by atomic mass is 9.98. The van der Waals surface area contributed by atoms with Gasteiger partial charge in [0.15, 0.2) is 0 Å². The molecule has 21 heavy (non-hydrogen) atoms. The second kappa shape index (κ2) is 8.64. The summed E-state index contributed by atoms with van der Waals surface area (Å²) in [7, 11) is 0. The van der Waals surface area contributed by atoms with E-state index in [-0.39, 0.29) is 30.8 Å². The first-order chi connectivity index (χ1) is 9.93. The molecule has 1 unspecified atom stereocenters. The molecule has 1 atom stereocenters. The van der Waals surface area contributed by atoms with Crippen molar-refractivity contribution in [1.82, 2.24) is 10.2 Å². The molecule has 2 N–H and O–H groups in total. The third-order valence-electron chi connectivity index (χ3n) is 4.04. The average molecular weight is 298 g/mol. The molecule has 6 nitrogen and oxygen atoms in total. The lowest BCUT2D eigenvalue weighted by molar-refractivity contribution is -0.151. The van der Waals surface area contributed by atoms with E-state index in [1.165, 1.54) is 18.7 Å². The van der Waals surface area contributed by atoms with Crippen molar-refractivity contribution in [1.29, 1.82) is 0 Å². The van der Waals surface area contributed by atoms with Crippen molar-refractivity contribution in [2.45, 2.75) is 58.4 Å². The van der Waals surface area contributed by atoms with Gasteiger partial charge in [0.05, 0.1) is 0 Å². The number of carboxylic acids is 1. The smallest absolute Gasteiger partial charge is 0.326 e. The molecule has 0 aliphatic heterocycles. The SMILES string of the molecule is CC(=O)NCCN(C(=O)C1CCCCCC1)C(C)C(=O)O. The molecule has 2 amide bonds. The monoisotopic (exact) mass is 298 g/mol. The Balaban J connectivity index is 2.70. The number of hydrogen-bond acceptors (Lipinski definition) is 3. The predicted octanol–water partition coefficient (Wildman–Crippen LogP) is 1.39. The molecule has 0 heterocycles. The molecule has 120 valence electrons. The highest BCUT2D eigenvalue weighted by atomic mass is 16.4. The minimum Gasteiger partial charge on any atom is -0.480 e. The molecule has 1 rings (SSSR count). The van der Waals surface area contributed by atoms with Gasteiger partial charge in [0, 0.05) is 25.9 Å². The maximum absolute atomic E-state index is 12.6. The number of nitrogens with zero attached hydrogens (tertiary/aromatic N) is 1. The fourth-order valence-electron chi connectivity index (χ4n) is 2.74. The number of aliphatic carboxylic acids is 1. The van der Waals surface area contributed by atoms with Crippen molar-refractivity contribution in [3.8, 4) is 0 Å². The minimum absolute atomic E-state index is 0.0772. The number of nitrogens with one attached hydrogen (secondary N) is 1. The molecule has 1 aliphatic carbocycles. The van der Waals surface area contributed by atoms with Crippen molar-refractivity contribution in [3.63, 3.8) is 0 Å². The maximum atomic E-state index is 12.6. The van der Waals surface area contributed by atoms with Crippen LogP contribution >= 0.6 is 0 Å². The summed E-state index contributed by atoms with van der Waals surface area (Å²) in [5, 5.41) is 11.8. The second-order valence-corrected chi connectivity index (χ2v) is 5.72. The molecule has 6 heteroatoms. The zero-order valence-electron chi connectivity index (χ0n) is 12.9. The lowest BCUT2D eigenvalue weighted by Gasteiger charge is -2.30. The van der Waals surface area contributed by atoms with Gasteiger partial charge < -0.3 is 15.3 Å². The first-order valence-electron chi connectivity index (χ1n) is 7.71. The molecule has 1 saturated carbocycles. The predicted molar refractivity (Wildman–Crippen MR) is 78.7 cm³/mol. The summed E-state index contributed by atoms with van der Waals surface area (Å²) in [6, 6.07) is -0.866. The van der Waals surface area contributed by atoms with E-state index in [0.29, 0.717) is 0 Å². The highest BCUT2D eigenvalue weighted by Gasteiger charge is 2.30. The second-order valence-electron chi connectivity index (χ2n) is 5.72. The van der Waals surface area contributed by atoms with E-state index in [0.717, 1.165) is 38.5 Å². The van der Waals surface area contributed by atoms with Gasteiger partial charge in [-0.3, -0.25) is 9.59 Å². The van der Waals surface area contributed by atoms with E-state index in [4.69, 9.17) is 0 Å². The lowest BCUT2D eigenvalue weighted by Crippen LogP contribution is -2.49. The molecule has 0 radical (unpaired) electrons. The van der Waals surface area contributed by atoms with Crippen LogP contribution in [0.3, 0.4) is 0 Å². The van der Waals surface area contributed by atoms with Gasteiger partial charge in [0.2, 0.25) is 11.8 Å². The van der Waals surface area contributed by atoms with Crippen LogP contribution in [0.4, 0.5) is 0 Å². The van der Waals surface area contributed by atoms with Crippen LogP contribution in [0.15, 0.2) is 0 Å². The number of carbonyl (C=O) groups excluding carboxylic acids is 2. The molecule has 0 bridgehead atoms. The standard InChI is InChI=1S/C15H26N2O4/c1-11(15(20)21)17(10-9-16-12(2)18)14(19)13-7-5-3-4-6-8-13/h11,13H,3-10H2,1-2H3,(H,16,18)(H,20,21). The highest BCUT2D eigenvalue weighted by molar-refractivity contribution is 5.85. The molecule has 0 spiro atoms. The Morgan fingerprint density at radius 3 is 2.24 bits per heavy atom. The van der Waals surface area contributed by atoms with Crippen molar-refractivity contribution in [3.05, 3.63) is 0 Å². The quantitative estimate of drug-likeness (QED) is 0.726. The van der Waals surface area contributed by atoms with E-state index in [9.17, 15) is 19.5 Å². The molecular formula is C15H26N2O4. The zero-order chi connectivity index (χ0) is 15.8. The van der Waals surface area contributed by atoms with E-state index < -0.39 is 12.0 Å². The Hall–Kier alpha value is -1.59. The summed E-state index contributed by atoms with van der Waals surface area (Å²) < 4.78 is 0. The fraction of sp³-hybridized carbons (Fsp3) is 0.800. The molecular weight excluding hydrogens is 272 g/mol. The Bertz CT molecular complexity index is 376. The largest absolute Gasteiger partial charge is 0.480 e. The Labute approximate surface area is 125 Å². The Morgan fingerprint density at radius 1 is 1.19 bits per heavy atom. The third kappa shape index (κ3) is 5.73. The van der Waals surface area contributed by atoms with Crippen LogP contribution in [-0.2, 0) is 14.4 Å². The van der Waals surface area contributed by atoms with Gasteiger partial charge >= 0.3 is 5.97 Å². The normalized spacial score (nSPS) is 17.6. The molecule has 0 aromatic rings. The third-order valence-corrected chi connectivity index (χ3v) is 4.04. The number of carbonyl (C=O) groups is 3. The first kappa shape index (κ1) is 17.5. The van der Waals surface area contributed by atoms with Crippen LogP contribution in [0, 0.1) is 5.92 Å². The Kier molecular flexibility index (Phi) is 7.19. The highest BCUT2D eigenvalue weighted by Crippen LogP contribution is 2.25. The van der Waals surface area contributed by atoms with Crippen LogP contribution in [0.2, 0.25) is 0 Å². The van der Waals surface area contributed by atoms with Gasteiger partial charge in [-0.05, 0) is 19.8 Å². The van der Waals surface area contributed by atoms with Gasteiger partial charge in [-0.15, -0.1) is 0 Å². The van der Waals surface area contributed by atoms with Crippen molar-refractivity contribution >= 4 is 17.8 Å². The molecule has 1 aliphatic rings. The Morgan fingerprint density at radius 2 is 1.76 bits per heavy atom. The van der Waals surface area contributed by atoms with Crippen LogP contribution in [0.1, 0.15) is 52.4 Å². The summed E-state index contributed by atoms with van der Waals surface area (Å²) in [6.45, 7) is 3.44. The van der Waals surface area contributed by atoms with Crippen molar-refractivity contribution in [2.75, 3.05) is 13.1 Å². The van der Waals surface area contributed by atoms with Gasteiger partial charge in [0.25, 0.3) is 0 Å². The summed E-state index contributed by atoms with van der Waals surface area (Å²) in [5.74, 6) is -1.36. The van der Waals surface area contributed by atoms with Crippen LogP contribution in [0.5, 0.6) is 0 Å². The van der Waals surface area contributed by atoms with Gasteiger partial charge in [0.1, 0.15) is 6.04 Å². The van der Waals surface area contributed by atoms with Crippen LogP contribution in [0.25, 0.3) is 0 Å². The van der Waals surface area contributed by atoms with Crippen LogP contribution < -0.4 is 5.32 Å². The molecule has 0 aromatic carbocycles. The minimum atomic E-state index is -1.01. The summed E-state index contributed by atoms with van der Waals surface area (Å²) in [6.07, 6.45) is 6.01. The molecule has 0 aromatic heterocycles. The summed E-state index contributed by atoms with van der Waals surface area (Å²) in [4.78, 5) is 36.1. The fourth-order valence-corrected chi connectivity index (χ4v) is 2.74. The van der Waals surface area contributed by atoms with Crippen LogP contribution in [-0.4, -0.2) is 46.9 Å². The van der Waals surface area contributed by atoms with E-state index in [1.807, 2.05) is 0 Å². The molecule has 1 fully saturated rings. The van der Waals surface area contributed by atoms with E-state index in [2.05, 4.69) is 5.32 Å². The van der Waals surface area contributed by atoms with Crippen molar-refractivity contribution in [2.24, 2.45) is 5.92 Å². The molecule has 0 saturated heterocycles. The van der Waals surface area contributed by atoms with E-state index in [1.54, 1.807) is 0 Å². The number of carboxylic acid groups (broad SMARTS) is 1. The van der Waals surface area contributed by atoms with E-state index >= 15 is 0 Å². The van der Waals surface area contributed by atoms with Gasteiger partial charge in [-0.25, -0.2) is 4.79 Å². The maximum Gasteiger partial charge on any atom is 0.326 e. The number of amides is 2. The van der Waals surface area contributed by atoms with Gasteiger partial charge in [-0.1, -0.05) is 25.7 Å². The summed E-state index contributed by atoms with van der Waals surface area (Å²) >= 11 is 0. The van der Waals surface area contributed by atoms with Crippen molar-refractivity contribution < 1.29 is 19.5 Å². The summed E-state index contributed by atoms with van der Waals surface area (Å²) in [5.41, 5.74) is 0. The van der Waals surface area contributed by atoms with Gasteiger partial charge in [-0.2, -0.15) is 0 Å².